The Bertz CT molecular complexity index is 341. The van der Waals surface area contributed by atoms with Crippen LogP contribution in [0.25, 0.3) is 0 Å². The fraction of sp³-hybridized carbons (Fsp3) is 1.00. The summed E-state index contributed by atoms with van der Waals surface area (Å²) in [7, 11) is 4.51. The summed E-state index contributed by atoms with van der Waals surface area (Å²) >= 11 is 0. The van der Waals surface area contributed by atoms with Crippen molar-refractivity contribution in [1.82, 2.24) is 14.7 Å². The summed E-state index contributed by atoms with van der Waals surface area (Å²) in [6.45, 7) is 25.7. The maximum Gasteiger partial charge on any atom is 0.0165 e. The first-order valence-electron chi connectivity index (χ1n) is 9.95. The first-order chi connectivity index (χ1) is 10.8. The maximum absolute atomic E-state index is 2.67. The number of hydrogen-bond donors (Lipinski definition) is 0. The summed E-state index contributed by atoms with van der Waals surface area (Å²) < 4.78 is 0. The molecule has 0 aliphatic carbocycles. The SMILES string of the molecule is CCCN(C)C(C)(C)CCN(CC)C(C)(C)CCN(C)C(C)(C)C. The van der Waals surface area contributed by atoms with Crippen LogP contribution in [0.2, 0.25) is 0 Å². The van der Waals surface area contributed by atoms with E-state index >= 15 is 0 Å². The zero-order valence-electron chi connectivity index (χ0n) is 18.8. The van der Waals surface area contributed by atoms with Crippen molar-refractivity contribution in [3.63, 3.8) is 0 Å². The third kappa shape index (κ3) is 7.84. The largest absolute Gasteiger partial charge is 0.301 e. The number of hydrogen-bond acceptors (Lipinski definition) is 3. The van der Waals surface area contributed by atoms with Gasteiger partial charge in [-0.05, 0) is 94.9 Å². The van der Waals surface area contributed by atoms with Crippen molar-refractivity contribution in [2.75, 3.05) is 40.3 Å². The molecule has 0 atom stereocenters. The molecule has 0 aromatic rings. The Balaban J connectivity index is 4.70. The Morgan fingerprint density at radius 2 is 1.12 bits per heavy atom. The van der Waals surface area contributed by atoms with Gasteiger partial charge in [0.1, 0.15) is 0 Å². The van der Waals surface area contributed by atoms with E-state index in [2.05, 4.69) is 91.1 Å². The van der Waals surface area contributed by atoms with Crippen LogP contribution >= 0.6 is 0 Å². The van der Waals surface area contributed by atoms with Crippen molar-refractivity contribution in [3.05, 3.63) is 0 Å². The average Bonchev–Trinajstić information content (AvgIpc) is 2.44. The van der Waals surface area contributed by atoms with Crippen molar-refractivity contribution in [2.24, 2.45) is 0 Å². The van der Waals surface area contributed by atoms with Gasteiger partial charge in [0.15, 0.2) is 0 Å². The van der Waals surface area contributed by atoms with Crippen LogP contribution in [-0.2, 0) is 0 Å². The minimum atomic E-state index is 0.244. The van der Waals surface area contributed by atoms with Gasteiger partial charge in [-0.3, -0.25) is 4.90 Å². The van der Waals surface area contributed by atoms with Crippen LogP contribution in [0, 0.1) is 0 Å². The molecular formula is C21H47N3. The highest BCUT2D eigenvalue weighted by Gasteiger charge is 2.30. The van der Waals surface area contributed by atoms with Gasteiger partial charge < -0.3 is 9.80 Å². The summed E-state index contributed by atoms with van der Waals surface area (Å²) in [4.78, 5) is 7.66. The molecule has 0 radical (unpaired) electrons. The lowest BCUT2D eigenvalue weighted by atomic mass is 9.93. The Kier molecular flexibility index (Phi) is 9.49. The Labute approximate surface area is 153 Å². The second-order valence-electron chi connectivity index (χ2n) is 9.72. The van der Waals surface area contributed by atoms with E-state index in [1.807, 2.05) is 0 Å². The van der Waals surface area contributed by atoms with Crippen molar-refractivity contribution in [2.45, 2.75) is 98.2 Å². The minimum Gasteiger partial charge on any atom is -0.301 e. The lowest BCUT2D eigenvalue weighted by Crippen LogP contribution is -2.50. The first-order valence-corrected chi connectivity index (χ1v) is 9.95. The van der Waals surface area contributed by atoms with Gasteiger partial charge in [-0.1, -0.05) is 13.8 Å². The highest BCUT2D eigenvalue weighted by Crippen LogP contribution is 2.24. The molecule has 0 aliphatic heterocycles. The highest BCUT2D eigenvalue weighted by atomic mass is 15.2. The van der Waals surface area contributed by atoms with Gasteiger partial charge in [-0.25, -0.2) is 0 Å². The second kappa shape index (κ2) is 9.54. The quantitative estimate of drug-likeness (QED) is 0.538. The van der Waals surface area contributed by atoms with Crippen molar-refractivity contribution in [1.29, 1.82) is 0 Å². The summed E-state index contributed by atoms with van der Waals surface area (Å²) in [6.07, 6.45) is 3.65. The van der Waals surface area contributed by atoms with Crippen molar-refractivity contribution >= 4 is 0 Å². The molecule has 0 bridgehead atoms. The zero-order chi connectivity index (χ0) is 19.2. The Morgan fingerprint density at radius 1 is 0.625 bits per heavy atom. The third-order valence-corrected chi connectivity index (χ3v) is 6.03. The van der Waals surface area contributed by atoms with Gasteiger partial charge in [0.25, 0.3) is 0 Å². The lowest BCUT2D eigenvalue weighted by Gasteiger charge is -2.43. The van der Waals surface area contributed by atoms with Crippen LogP contribution in [-0.4, -0.2) is 71.6 Å². The second-order valence-corrected chi connectivity index (χ2v) is 9.72. The van der Waals surface area contributed by atoms with E-state index in [1.54, 1.807) is 0 Å². The van der Waals surface area contributed by atoms with Gasteiger partial charge in [-0.2, -0.15) is 0 Å². The fourth-order valence-electron chi connectivity index (χ4n) is 3.06. The smallest absolute Gasteiger partial charge is 0.0165 e. The molecule has 0 saturated carbocycles. The van der Waals surface area contributed by atoms with E-state index < -0.39 is 0 Å². The molecule has 0 unspecified atom stereocenters. The topological polar surface area (TPSA) is 9.72 Å². The number of rotatable bonds is 11. The van der Waals surface area contributed by atoms with Crippen molar-refractivity contribution < 1.29 is 0 Å². The Hall–Kier alpha value is -0.120. The van der Waals surface area contributed by atoms with E-state index in [4.69, 9.17) is 0 Å². The molecule has 0 aromatic carbocycles. The van der Waals surface area contributed by atoms with Crippen LogP contribution in [0.5, 0.6) is 0 Å². The normalized spacial score (nSPS) is 14.2. The molecule has 0 spiro atoms. The molecule has 0 fully saturated rings. The van der Waals surface area contributed by atoms with Crippen LogP contribution in [0.3, 0.4) is 0 Å². The molecule has 0 aromatic heterocycles. The van der Waals surface area contributed by atoms with E-state index in [-0.39, 0.29) is 16.6 Å². The van der Waals surface area contributed by atoms with Crippen LogP contribution in [0.15, 0.2) is 0 Å². The summed E-state index contributed by atoms with van der Waals surface area (Å²) in [5.74, 6) is 0. The summed E-state index contributed by atoms with van der Waals surface area (Å²) in [5, 5.41) is 0. The van der Waals surface area contributed by atoms with Gasteiger partial charge in [0, 0.05) is 29.7 Å². The third-order valence-electron chi connectivity index (χ3n) is 6.03. The molecule has 0 amide bonds. The average molecular weight is 342 g/mol. The molecule has 0 aliphatic rings. The van der Waals surface area contributed by atoms with Crippen LogP contribution in [0.1, 0.15) is 81.6 Å². The fourth-order valence-corrected chi connectivity index (χ4v) is 3.06. The zero-order valence-corrected chi connectivity index (χ0v) is 18.8. The predicted octanol–water partition coefficient (Wildman–Crippen LogP) is 4.72. The van der Waals surface area contributed by atoms with Gasteiger partial charge >= 0.3 is 0 Å². The van der Waals surface area contributed by atoms with Gasteiger partial charge in [0.05, 0.1) is 0 Å². The molecule has 24 heavy (non-hydrogen) atoms. The molecular weight excluding hydrogens is 294 g/mol. The molecule has 0 saturated heterocycles. The maximum atomic E-state index is 2.67. The van der Waals surface area contributed by atoms with Gasteiger partial charge in [-0.15, -0.1) is 0 Å². The molecule has 0 rings (SSSR count). The molecule has 3 nitrogen and oxygen atoms in total. The standard InChI is InChI=1S/C21H47N3/c1-12-16-23(11)20(6,7)15-18-24(13-2)21(8,9)14-17-22(10)19(3,4)5/h12-18H2,1-11H3. The summed E-state index contributed by atoms with van der Waals surface area (Å²) in [5.41, 5.74) is 0.757. The van der Waals surface area contributed by atoms with Crippen molar-refractivity contribution in [3.8, 4) is 0 Å². The van der Waals surface area contributed by atoms with E-state index in [0.717, 1.165) is 13.1 Å². The molecule has 0 heterocycles. The first kappa shape index (κ1) is 23.9. The molecule has 146 valence electrons. The predicted molar refractivity (Wildman–Crippen MR) is 110 cm³/mol. The summed E-state index contributed by atoms with van der Waals surface area (Å²) in [6, 6.07) is 0. The monoisotopic (exact) mass is 341 g/mol. The Morgan fingerprint density at radius 3 is 1.54 bits per heavy atom. The van der Waals surface area contributed by atoms with Gasteiger partial charge in [0.2, 0.25) is 0 Å². The van der Waals surface area contributed by atoms with Crippen LogP contribution in [0.4, 0.5) is 0 Å². The molecule has 3 heteroatoms. The number of nitrogens with zero attached hydrogens (tertiary/aromatic N) is 3. The van der Waals surface area contributed by atoms with Crippen LogP contribution < -0.4 is 0 Å². The minimum absolute atomic E-state index is 0.244. The highest BCUT2D eigenvalue weighted by molar-refractivity contribution is 4.87. The molecule has 0 N–H and O–H groups in total. The van der Waals surface area contributed by atoms with E-state index in [1.165, 1.54) is 32.4 Å². The van der Waals surface area contributed by atoms with E-state index in [0.29, 0.717) is 0 Å². The lowest BCUT2D eigenvalue weighted by molar-refractivity contribution is 0.0628. The van der Waals surface area contributed by atoms with E-state index in [9.17, 15) is 0 Å².